The minimum Gasteiger partial charge on any atom is -0.494 e. The summed E-state index contributed by atoms with van der Waals surface area (Å²) < 4.78 is 13.2. The largest absolute Gasteiger partial charge is 0.494 e. The molecule has 3 heterocycles. The summed E-state index contributed by atoms with van der Waals surface area (Å²) >= 11 is 1.15. The maximum atomic E-state index is 13.1. The molecule has 7 nitrogen and oxygen atoms in total. The Bertz CT molecular complexity index is 1550. The van der Waals surface area contributed by atoms with Crippen molar-refractivity contribution in [2.24, 2.45) is 0 Å². The van der Waals surface area contributed by atoms with E-state index in [9.17, 15) is 9.59 Å². The molecule has 2 aromatic carbocycles. The molecule has 1 unspecified atom stereocenters. The van der Waals surface area contributed by atoms with Gasteiger partial charge in [0, 0.05) is 12.0 Å². The minimum atomic E-state index is -0.429. The van der Waals surface area contributed by atoms with Crippen molar-refractivity contribution in [2.75, 3.05) is 6.61 Å². The molecule has 1 aliphatic heterocycles. The molecule has 1 aliphatic rings. The Kier molecular flexibility index (Phi) is 5.98. The van der Waals surface area contributed by atoms with Crippen LogP contribution in [0, 0.1) is 0 Å². The van der Waals surface area contributed by atoms with E-state index in [0.29, 0.717) is 11.1 Å². The predicted molar refractivity (Wildman–Crippen MR) is 133 cm³/mol. The van der Waals surface area contributed by atoms with Crippen molar-refractivity contribution in [3.8, 4) is 11.5 Å². The number of aromatic nitrogens is 3. The third-order valence-electron chi connectivity index (χ3n) is 5.53. The van der Waals surface area contributed by atoms with E-state index in [1.54, 1.807) is 6.08 Å². The van der Waals surface area contributed by atoms with Gasteiger partial charge in [0.2, 0.25) is 4.96 Å². The second-order valence-electron chi connectivity index (χ2n) is 8.09. The molecular formula is C26H23N3O4S. The van der Waals surface area contributed by atoms with Crippen molar-refractivity contribution in [3.63, 3.8) is 0 Å². The van der Waals surface area contributed by atoms with Gasteiger partial charge in [-0.25, -0.2) is 0 Å². The third-order valence-corrected chi connectivity index (χ3v) is 6.49. The van der Waals surface area contributed by atoms with E-state index in [2.05, 4.69) is 10.1 Å². The highest BCUT2D eigenvalue weighted by Gasteiger charge is 2.18. The van der Waals surface area contributed by atoms with Crippen LogP contribution >= 0.6 is 11.3 Å². The summed E-state index contributed by atoms with van der Waals surface area (Å²) in [7, 11) is 0. The Balaban J connectivity index is 1.48. The number of rotatable bonds is 6. The quantitative estimate of drug-likeness (QED) is 0.428. The number of hydrogen-bond donors (Lipinski definition) is 0. The zero-order valence-corrected chi connectivity index (χ0v) is 19.7. The molecule has 1 atom stereocenters. The maximum Gasteiger partial charge on any atom is 0.296 e. The number of para-hydroxylation sites is 1. The molecule has 34 heavy (non-hydrogen) atoms. The first-order valence-electron chi connectivity index (χ1n) is 11.2. The third kappa shape index (κ3) is 4.36. The summed E-state index contributed by atoms with van der Waals surface area (Å²) in [6, 6.07) is 15.3. The van der Waals surface area contributed by atoms with Gasteiger partial charge in [-0.15, -0.1) is 0 Å². The van der Waals surface area contributed by atoms with E-state index in [4.69, 9.17) is 9.47 Å². The van der Waals surface area contributed by atoms with Crippen molar-refractivity contribution in [1.82, 2.24) is 14.6 Å². The summed E-state index contributed by atoms with van der Waals surface area (Å²) in [6.45, 7) is 4.64. The monoisotopic (exact) mass is 473 g/mol. The van der Waals surface area contributed by atoms with Gasteiger partial charge in [0.25, 0.3) is 11.1 Å². The summed E-state index contributed by atoms with van der Waals surface area (Å²) in [5.74, 6) is 1.59. The lowest BCUT2D eigenvalue weighted by atomic mass is 10.0. The number of hydrogen-bond acceptors (Lipinski definition) is 7. The van der Waals surface area contributed by atoms with Crippen molar-refractivity contribution in [2.45, 2.75) is 32.8 Å². The summed E-state index contributed by atoms with van der Waals surface area (Å²) in [6.07, 6.45) is 4.81. The molecule has 0 fully saturated rings. The molecule has 5 rings (SSSR count). The number of ether oxygens (including phenoxy) is 2. The van der Waals surface area contributed by atoms with Crippen LogP contribution in [0.5, 0.6) is 11.5 Å². The zero-order chi connectivity index (χ0) is 23.7. The van der Waals surface area contributed by atoms with Crippen LogP contribution in [0.2, 0.25) is 0 Å². The fourth-order valence-corrected chi connectivity index (χ4v) is 4.65. The Labute approximate surface area is 199 Å². The number of nitrogens with zero attached hydrogens (tertiary/aromatic N) is 3. The summed E-state index contributed by atoms with van der Waals surface area (Å²) in [5, 5.41) is 4.35. The number of benzene rings is 2. The molecule has 0 aliphatic carbocycles. The van der Waals surface area contributed by atoms with Gasteiger partial charge in [-0.1, -0.05) is 48.6 Å². The van der Waals surface area contributed by atoms with Gasteiger partial charge < -0.3 is 9.47 Å². The molecule has 0 radical (unpaired) electrons. The number of thiazole rings is 1. The Morgan fingerprint density at radius 3 is 2.74 bits per heavy atom. The molecule has 0 saturated heterocycles. The van der Waals surface area contributed by atoms with Gasteiger partial charge in [0.05, 0.1) is 11.1 Å². The highest BCUT2D eigenvalue weighted by atomic mass is 32.1. The zero-order valence-electron chi connectivity index (χ0n) is 18.9. The van der Waals surface area contributed by atoms with E-state index < -0.39 is 5.56 Å². The van der Waals surface area contributed by atoms with Crippen LogP contribution < -0.4 is 25.1 Å². The van der Waals surface area contributed by atoms with Gasteiger partial charge in [-0.2, -0.15) is 14.6 Å². The number of fused-ring (bicyclic) bond motifs is 2. The van der Waals surface area contributed by atoms with Crippen LogP contribution in [0.1, 0.15) is 37.1 Å². The first-order chi connectivity index (χ1) is 16.5. The molecule has 0 amide bonds. The lowest BCUT2D eigenvalue weighted by Crippen LogP contribution is -2.29. The average molecular weight is 474 g/mol. The molecule has 0 saturated carbocycles. The Morgan fingerprint density at radius 2 is 1.94 bits per heavy atom. The standard InChI is InChI=1S/C26H23N3O4S/c1-3-12-32-20-10-8-17(9-11-20)13-21-24(30)27-26-29(28-21)25(31)23(34-26)15-19-14-18-6-4-5-7-22(18)33-16(19)2/h4-11,14-16H,3,12-13H2,1-2H3/b23-15+. The minimum absolute atomic E-state index is 0.208. The van der Waals surface area contributed by atoms with Crippen molar-refractivity contribution in [1.29, 1.82) is 0 Å². The predicted octanol–water partition coefficient (Wildman–Crippen LogP) is 3.25. The van der Waals surface area contributed by atoms with Gasteiger partial charge in [-0.05, 0) is 54.8 Å². The van der Waals surface area contributed by atoms with E-state index in [0.717, 1.165) is 46.0 Å². The smallest absolute Gasteiger partial charge is 0.296 e. The normalized spacial score (nSPS) is 15.6. The fraction of sp³-hybridized carbons (Fsp3) is 0.231. The molecule has 8 heteroatoms. The lowest BCUT2D eigenvalue weighted by Gasteiger charge is -2.22. The molecule has 2 aromatic heterocycles. The van der Waals surface area contributed by atoms with Crippen molar-refractivity contribution < 1.29 is 9.47 Å². The van der Waals surface area contributed by atoms with Crippen LogP contribution in [-0.2, 0) is 6.42 Å². The SMILES string of the molecule is CCCOc1ccc(Cc2nn3c(=O)/c(=C\C4=Cc5ccccc5OC4C)sc3nc2=O)cc1. The van der Waals surface area contributed by atoms with Gasteiger partial charge in [-0.3, -0.25) is 9.59 Å². The van der Waals surface area contributed by atoms with Crippen LogP contribution in [0.25, 0.3) is 17.1 Å². The molecular weight excluding hydrogens is 450 g/mol. The van der Waals surface area contributed by atoms with Crippen LogP contribution in [0.4, 0.5) is 0 Å². The van der Waals surface area contributed by atoms with Crippen LogP contribution in [0.15, 0.2) is 63.7 Å². The van der Waals surface area contributed by atoms with Crippen molar-refractivity contribution in [3.05, 3.63) is 96.2 Å². The van der Waals surface area contributed by atoms with E-state index in [1.165, 1.54) is 4.52 Å². The average Bonchev–Trinajstić information content (AvgIpc) is 3.13. The Hall–Kier alpha value is -3.78. The van der Waals surface area contributed by atoms with Crippen molar-refractivity contribution >= 4 is 28.4 Å². The maximum absolute atomic E-state index is 13.1. The second kappa shape index (κ2) is 9.23. The van der Waals surface area contributed by atoms with Crippen LogP contribution in [0.3, 0.4) is 0 Å². The molecule has 0 N–H and O–H groups in total. The fourth-order valence-electron chi connectivity index (χ4n) is 3.74. The molecule has 0 spiro atoms. The van der Waals surface area contributed by atoms with Gasteiger partial charge in [0.1, 0.15) is 23.3 Å². The highest BCUT2D eigenvalue weighted by molar-refractivity contribution is 7.15. The topological polar surface area (TPSA) is 82.8 Å². The van der Waals surface area contributed by atoms with Crippen LogP contribution in [-0.4, -0.2) is 27.3 Å². The van der Waals surface area contributed by atoms with E-state index >= 15 is 0 Å². The summed E-state index contributed by atoms with van der Waals surface area (Å²) in [4.78, 5) is 30.1. The molecule has 172 valence electrons. The highest BCUT2D eigenvalue weighted by Crippen LogP contribution is 2.29. The molecule has 4 aromatic rings. The first-order valence-corrected chi connectivity index (χ1v) is 12.0. The van der Waals surface area contributed by atoms with Gasteiger partial charge >= 0.3 is 0 Å². The first kappa shape index (κ1) is 22.0. The lowest BCUT2D eigenvalue weighted by molar-refractivity contribution is 0.259. The Morgan fingerprint density at radius 1 is 1.15 bits per heavy atom. The van der Waals surface area contributed by atoms with Gasteiger partial charge in [0.15, 0.2) is 0 Å². The second-order valence-corrected chi connectivity index (χ2v) is 9.09. The van der Waals surface area contributed by atoms with E-state index in [1.807, 2.05) is 68.5 Å². The summed E-state index contributed by atoms with van der Waals surface area (Å²) in [5.41, 5.74) is 2.21. The molecule has 0 bridgehead atoms. The van der Waals surface area contributed by atoms with E-state index in [-0.39, 0.29) is 28.7 Å².